The van der Waals surface area contributed by atoms with Gasteiger partial charge < -0.3 is 4.74 Å². The molecule has 0 aliphatic rings. The number of aryl methyl sites for hydroxylation is 1. The zero-order valence-electron chi connectivity index (χ0n) is 12.9. The monoisotopic (exact) mass is 324 g/mol. The molecule has 0 atom stereocenters. The van der Waals surface area contributed by atoms with E-state index in [2.05, 4.69) is 11.7 Å². The number of nitrogens with zero attached hydrogens (tertiary/aromatic N) is 2. The van der Waals surface area contributed by atoms with Crippen LogP contribution in [0.2, 0.25) is 0 Å². The van der Waals surface area contributed by atoms with Gasteiger partial charge in [-0.3, -0.25) is 4.68 Å². The van der Waals surface area contributed by atoms with Crippen LogP contribution in [0.25, 0.3) is 22.5 Å². The van der Waals surface area contributed by atoms with Gasteiger partial charge in [0.05, 0.1) is 0 Å². The number of benzene rings is 2. The lowest BCUT2D eigenvalue weighted by Crippen LogP contribution is -1.99. The van der Waals surface area contributed by atoms with Crippen molar-refractivity contribution in [1.29, 1.82) is 0 Å². The molecule has 2 aromatic carbocycles. The average Bonchev–Trinajstić information content (AvgIpc) is 2.91. The number of rotatable bonds is 5. The highest BCUT2D eigenvalue weighted by Gasteiger charge is 2.20. The van der Waals surface area contributed by atoms with E-state index in [-0.39, 0.29) is 6.61 Å². The highest BCUT2D eigenvalue weighted by atomic mass is 35.5. The molecule has 3 nitrogen and oxygen atoms in total. The maximum Gasteiger partial charge on any atom is 0.173 e. The first-order valence-electron chi connectivity index (χ1n) is 7.30. The van der Waals surface area contributed by atoms with Crippen LogP contribution in [0.3, 0.4) is 0 Å². The predicted molar refractivity (Wildman–Crippen MR) is 94.6 cm³/mol. The molecule has 0 aliphatic heterocycles. The lowest BCUT2D eigenvalue weighted by Gasteiger charge is -2.09. The molecule has 3 aromatic rings. The number of ether oxygens (including phenoxy) is 1. The summed E-state index contributed by atoms with van der Waals surface area (Å²) in [6, 6.07) is 20.0. The van der Waals surface area contributed by atoms with Gasteiger partial charge in [-0.25, -0.2) is 0 Å². The molecule has 0 unspecified atom stereocenters. The van der Waals surface area contributed by atoms with E-state index >= 15 is 0 Å². The fourth-order valence-electron chi connectivity index (χ4n) is 2.49. The van der Waals surface area contributed by atoms with E-state index in [1.165, 1.54) is 0 Å². The molecule has 0 radical (unpaired) electrons. The Morgan fingerprint density at radius 2 is 1.61 bits per heavy atom. The van der Waals surface area contributed by atoms with Crippen LogP contribution < -0.4 is 4.74 Å². The van der Waals surface area contributed by atoms with Crippen LogP contribution in [0.4, 0.5) is 0 Å². The molecular weight excluding hydrogens is 308 g/mol. The van der Waals surface area contributed by atoms with E-state index in [1.807, 2.05) is 72.4 Å². The lowest BCUT2D eigenvalue weighted by molar-refractivity contribution is 0.362. The Morgan fingerprint density at radius 1 is 1.04 bits per heavy atom. The maximum absolute atomic E-state index is 5.94. The Hall–Kier alpha value is -2.52. The van der Waals surface area contributed by atoms with Gasteiger partial charge in [0.2, 0.25) is 0 Å². The van der Waals surface area contributed by atoms with Crippen LogP contribution in [0, 0.1) is 0 Å². The Balaban J connectivity index is 2.15. The topological polar surface area (TPSA) is 27.1 Å². The van der Waals surface area contributed by atoms with Crippen molar-refractivity contribution in [3.8, 4) is 28.3 Å². The normalized spacial score (nSPS) is 10.5. The molecule has 23 heavy (non-hydrogen) atoms. The summed E-state index contributed by atoms with van der Waals surface area (Å²) in [5, 5.41) is 5.10. The van der Waals surface area contributed by atoms with Crippen molar-refractivity contribution in [3.05, 3.63) is 72.3 Å². The molecule has 3 rings (SSSR count). The van der Waals surface area contributed by atoms with Crippen LogP contribution in [0.1, 0.15) is 0 Å². The zero-order chi connectivity index (χ0) is 16.2. The van der Waals surface area contributed by atoms with Gasteiger partial charge in [0, 0.05) is 23.2 Å². The van der Waals surface area contributed by atoms with Crippen molar-refractivity contribution in [2.75, 3.05) is 6.61 Å². The molecule has 0 aliphatic carbocycles. The first kappa shape index (κ1) is 15.4. The van der Waals surface area contributed by atoms with E-state index in [9.17, 15) is 0 Å². The second kappa shape index (κ2) is 6.71. The highest BCUT2D eigenvalue weighted by Crippen LogP contribution is 2.38. The van der Waals surface area contributed by atoms with Gasteiger partial charge in [-0.15, -0.1) is 0 Å². The van der Waals surface area contributed by atoms with Crippen LogP contribution >= 0.6 is 11.6 Å². The third-order valence-corrected chi connectivity index (χ3v) is 3.58. The van der Waals surface area contributed by atoms with Gasteiger partial charge >= 0.3 is 0 Å². The molecule has 0 spiro atoms. The fourth-order valence-corrected chi connectivity index (χ4v) is 2.55. The second-order valence-electron chi connectivity index (χ2n) is 5.19. The van der Waals surface area contributed by atoms with Gasteiger partial charge in [0.25, 0.3) is 0 Å². The third kappa shape index (κ3) is 3.30. The quantitative estimate of drug-likeness (QED) is 0.668. The standard InChI is InChI=1S/C19H17ClN2O/c1-14(20)13-23-19-17(15-9-5-3-6-10-15)21-22(2)18(19)16-11-7-4-8-12-16/h3-12H,1,13H2,2H3. The smallest absolute Gasteiger partial charge is 0.173 e. The Kier molecular flexibility index (Phi) is 4.49. The molecular formula is C19H17ClN2O. The van der Waals surface area contributed by atoms with Gasteiger partial charge in [-0.05, 0) is 0 Å². The van der Waals surface area contributed by atoms with Gasteiger partial charge in [-0.2, -0.15) is 5.10 Å². The van der Waals surface area contributed by atoms with Gasteiger partial charge in [0.15, 0.2) is 5.75 Å². The van der Waals surface area contributed by atoms with E-state index < -0.39 is 0 Å². The number of aromatic nitrogens is 2. The van der Waals surface area contributed by atoms with Crippen molar-refractivity contribution < 1.29 is 4.74 Å². The molecule has 116 valence electrons. The summed E-state index contributed by atoms with van der Waals surface area (Å²) in [5.41, 5.74) is 3.76. The minimum Gasteiger partial charge on any atom is -0.483 e. The fraction of sp³-hybridized carbons (Fsp3) is 0.105. The van der Waals surface area contributed by atoms with Crippen molar-refractivity contribution in [2.24, 2.45) is 7.05 Å². The van der Waals surface area contributed by atoms with Crippen molar-refractivity contribution in [1.82, 2.24) is 9.78 Å². The Labute approximate surface area is 140 Å². The van der Waals surface area contributed by atoms with Gasteiger partial charge in [0.1, 0.15) is 18.0 Å². The van der Waals surface area contributed by atoms with Gasteiger partial charge in [-0.1, -0.05) is 78.8 Å². The molecule has 1 heterocycles. The largest absolute Gasteiger partial charge is 0.483 e. The van der Waals surface area contributed by atoms with Crippen molar-refractivity contribution >= 4 is 11.6 Å². The van der Waals surface area contributed by atoms with Crippen LogP contribution in [-0.4, -0.2) is 16.4 Å². The van der Waals surface area contributed by atoms with E-state index in [1.54, 1.807) is 0 Å². The van der Waals surface area contributed by atoms with Crippen molar-refractivity contribution in [2.45, 2.75) is 0 Å². The Bertz CT molecular complexity index is 810. The Morgan fingerprint density at radius 3 is 2.17 bits per heavy atom. The minimum atomic E-state index is 0.243. The number of halogens is 1. The first-order valence-corrected chi connectivity index (χ1v) is 7.68. The molecule has 0 N–H and O–H groups in total. The van der Waals surface area contributed by atoms with E-state index in [0.29, 0.717) is 10.8 Å². The molecule has 0 saturated heterocycles. The summed E-state index contributed by atoms with van der Waals surface area (Å²) in [5.74, 6) is 0.715. The second-order valence-corrected chi connectivity index (χ2v) is 5.72. The predicted octanol–water partition coefficient (Wildman–Crippen LogP) is 4.89. The summed E-state index contributed by atoms with van der Waals surface area (Å²) in [7, 11) is 1.91. The molecule has 0 amide bonds. The highest BCUT2D eigenvalue weighted by molar-refractivity contribution is 6.29. The maximum atomic E-state index is 5.94. The van der Waals surface area contributed by atoms with E-state index in [4.69, 9.17) is 16.3 Å². The number of hydrogen-bond donors (Lipinski definition) is 0. The number of hydrogen-bond acceptors (Lipinski definition) is 2. The van der Waals surface area contributed by atoms with E-state index in [0.717, 1.165) is 22.5 Å². The van der Waals surface area contributed by atoms with Crippen LogP contribution in [0.15, 0.2) is 72.3 Å². The molecule has 0 saturated carbocycles. The summed E-state index contributed by atoms with van der Waals surface area (Å²) in [4.78, 5) is 0. The SMILES string of the molecule is C=C(Cl)COc1c(-c2ccccc2)nn(C)c1-c1ccccc1. The van der Waals surface area contributed by atoms with Crippen molar-refractivity contribution in [3.63, 3.8) is 0 Å². The van der Waals surface area contributed by atoms with Crippen LogP contribution in [0.5, 0.6) is 5.75 Å². The summed E-state index contributed by atoms with van der Waals surface area (Å²) in [6.07, 6.45) is 0. The minimum absolute atomic E-state index is 0.243. The summed E-state index contributed by atoms with van der Waals surface area (Å²) < 4.78 is 7.78. The lowest BCUT2D eigenvalue weighted by atomic mass is 10.1. The average molecular weight is 325 g/mol. The zero-order valence-corrected chi connectivity index (χ0v) is 13.6. The summed E-state index contributed by atoms with van der Waals surface area (Å²) in [6.45, 7) is 3.94. The molecule has 1 aromatic heterocycles. The third-order valence-electron chi connectivity index (χ3n) is 3.47. The first-order chi connectivity index (χ1) is 11.2. The molecule has 0 bridgehead atoms. The summed E-state index contributed by atoms with van der Waals surface area (Å²) >= 11 is 5.88. The molecule has 4 heteroatoms. The molecule has 0 fully saturated rings. The van der Waals surface area contributed by atoms with Crippen LogP contribution in [-0.2, 0) is 7.05 Å².